The third kappa shape index (κ3) is 4.44. The number of carbonyl (C=O) groups is 3. The van der Waals surface area contributed by atoms with Crippen LogP contribution in [0.3, 0.4) is 0 Å². The summed E-state index contributed by atoms with van der Waals surface area (Å²) in [6.07, 6.45) is 5.15. The predicted octanol–water partition coefficient (Wildman–Crippen LogP) is 3.01. The summed E-state index contributed by atoms with van der Waals surface area (Å²) in [5.41, 5.74) is -2.54. The first-order valence-corrected chi connectivity index (χ1v) is 13.8. The standard InChI is InChI=1S/C29H47N3O5/c1-10-14-30(15-11-2)24(34)21-22-25(35)32(20(13-4)18-33)23(26(36)31(16-12-3)27(6,7)8)29(22)17-19(5)28(21,9)37-29/h10,12,19-23,33H,1,3,11,13-18H2,2,4-9H3/t19?,20-,21-,22-,23?,28+,29?/m0/s1. The number of ether oxygens (including phenoxy) is 1. The number of aliphatic hydroxyl groups is 1. The van der Waals surface area contributed by atoms with E-state index >= 15 is 0 Å². The Morgan fingerprint density at radius 2 is 1.84 bits per heavy atom. The summed E-state index contributed by atoms with van der Waals surface area (Å²) in [5, 5.41) is 10.3. The van der Waals surface area contributed by atoms with Crippen molar-refractivity contribution in [3.05, 3.63) is 25.3 Å². The molecule has 0 aromatic heterocycles. The van der Waals surface area contributed by atoms with Gasteiger partial charge in [-0.15, -0.1) is 13.2 Å². The Morgan fingerprint density at radius 1 is 1.22 bits per heavy atom. The summed E-state index contributed by atoms with van der Waals surface area (Å²) >= 11 is 0. The Hall–Kier alpha value is -2.19. The number of fused-ring (bicyclic) bond motifs is 1. The fourth-order valence-corrected chi connectivity index (χ4v) is 7.02. The van der Waals surface area contributed by atoms with Crippen molar-refractivity contribution in [1.29, 1.82) is 0 Å². The Morgan fingerprint density at radius 3 is 2.32 bits per heavy atom. The Labute approximate surface area is 222 Å². The lowest BCUT2D eigenvalue weighted by Crippen LogP contribution is -2.61. The van der Waals surface area contributed by atoms with Crippen LogP contribution in [0.5, 0.6) is 0 Å². The highest BCUT2D eigenvalue weighted by atomic mass is 16.5. The molecule has 3 unspecified atom stereocenters. The third-order valence-corrected chi connectivity index (χ3v) is 8.87. The lowest BCUT2D eigenvalue weighted by atomic mass is 9.62. The van der Waals surface area contributed by atoms with E-state index in [1.165, 1.54) is 0 Å². The van der Waals surface area contributed by atoms with Crippen molar-refractivity contribution in [1.82, 2.24) is 14.7 Å². The van der Waals surface area contributed by atoms with Gasteiger partial charge in [0.25, 0.3) is 0 Å². The highest BCUT2D eigenvalue weighted by Crippen LogP contribution is 2.66. The second-order valence-corrected chi connectivity index (χ2v) is 12.2. The number of hydrogen-bond acceptors (Lipinski definition) is 5. The van der Waals surface area contributed by atoms with Crippen molar-refractivity contribution >= 4 is 17.7 Å². The minimum absolute atomic E-state index is 0.0374. The van der Waals surface area contributed by atoms with Crippen LogP contribution in [0, 0.1) is 17.8 Å². The second kappa shape index (κ2) is 10.5. The fraction of sp³-hybridized carbons (Fsp3) is 0.759. The van der Waals surface area contributed by atoms with Gasteiger partial charge >= 0.3 is 0 Å². The van der Waals surface area contributed by atoms with Crippen LogP contribution in [-0.2, 0) is 19.1 Å². The molecule has 0 saturated carbocycles. The van der Waals surface area contributed by atoms with Gasteiger partial charge in [0, 0.05) is 25.2 Å². The van der Waals surface area contributed by atoms with Crippen molar-refractivity contribution in [2.75, 3.05) is 26.2 Å². The third-order valence-electron chi connectivity index (χ3n) is 8.87. The molecule has 3 heterocycles. The predicted molar refractivity (Wildman–Crippen MR) is 144 cm³/mol. The van der Waals surface area contributed by atoms with E-state index in [1.807, 2.05) is 48.5 Å². The fourth-order valence-electron chi connectivity index (χ4n) is 7.02. The van der Waals surface area contributed by atoms with Crippen LogP contribution in [0.25, 0.3) is 0 Å². The van der Waals surface area contributed by atoms with E-state index in [1.54, 1.807) is 26.9 Å². The quantitative estimate of drug-likeness (QED) is 0.426. The number of likely N-dealkylation sites (tertiary alicyclic amines) is 1. The molecule has 3 saturated heterocycles. The van der Waals surface area contributed by atoms with E-state index in [-0.39, 0.29) is 30.2 Å². The average molecular weight is 518 g/mol. The van der Waals surface area contributed by atoms with Gasteiger partial charge in [0.2, 0.25) is 17.7 Å². The normalized spacial score (nSPS) is 33.3. The SMILES string of the molecule is C=CCN(CCC)C(=O)[C@@H]1[C@H]2C(=O)N([C@@H](CC)CO)C(C(=O)N(CC=C)C(C)(C)C)C23CC(C)[C@@]1(C)O3. The van der Waals surface area contributed by atoms with Crippen LogP contribution in [-0.4, -0.2) is 92.6 Å². The molecule has 3 rings (SSSR count). The van der Waals surface area contributed by atoms with E-state index in [0.717, 1.165) is 6.42 Å². The maximum Gasteiger partial charge on any atom is 0.249 e. The molecule has 7 atom stereocenters. The smallest absolute Gasteiger partial charge is 0.249 e. The highest BCUT2D eigenvalue weighted by Gasteiger charge is 2.80. The minimum Gasteiger partial charge on any atom is -0.394 e. The minimum atomic E-state index is -1.14. The second-order valence-electron chi connectivity index (χ2n) is 12.2. The van der Waals surface area contributed by atoms with Gasteiger partial charge in [0.15, 0.2) is 0 Å². The van der Waals surface area contributed by atoms with E-state index in [2.05, 4.69) is 13.2 Å². The summed E-state index contributed by atoms with van der Waals surface area (Å²) in [6.45, 7) is 22.4. The monoisotopic (exact) mass is 517 g/mol. The molecular formula is C29H47N3O5. The Balaban J connectivity index is 2.21. The van der Waals surface area contributed by atoms with Crippen LogP contribution in [0.2, 0.25) is 0 Å². The molecule has 1 spiro atoms. The first kappa shape index (κ1) is 29.4. The molecule has 3 fully saturated rings. The number of nitrogens with zero attached hydrogens (tertiary/aromatic N) is 3. The van der Waals surface area contributed by atoms with Gasteiger partial charge in [-0.3, -0.25) is 14.4 Å². The van der Waals surface area contributed by atoms with Gasteiger partial charge < -0.3 is 24.5 Å². The molecule has 208 valence electrons. The van der Waals surface area contributed by atoms with Gasteiger partial charge in [-0.05, 0) is 52.9 Å². The number of aliphatic hydroxyl groups excluding tert-OH is 1. The molecule has 3 amide bonds. The zero-order valence-electron chi connectivity index (χ0n) is 23.8. The topological polar surface area (TPSA) is 90.4 Å². The van der Waals surface area contributed by atoms with E-state index < -0.39 is 40.7 Å². The molecule has 0 radical (unpaired) electrons. The van der Waals surface area contributed by atoms with Gasteiger partial charge in [-0.1, -0.05) is 32.9 Å². The molecule has 0 aromatic carbocycles. The van der Waals surface area contributed by atoms with E-state index in [9.17, 15) is 19.5 Å². The molecule has 2 bridgehead atoms. The molecule has 8 nitrogen and oxygen atoms in total. The number of hydrogen-bond donors (Lipinski definition) is 1. The number of amides is 3. The maximum atomic E-state index is 14.4. The van der Waals surface area contributed by atoms with Gasteiger partial charge in [0.05, 0.1) is 30.1 Å². The molecule has 0 aromatic rings. The summed E-state index contributed by atoms with van der Waals surface area (Å²) < 4.78 is 6.85. The molecule has 1 N–H and O–H groups in total. The largest absolute Gasteiger partial charge is 0.394 e. The van der Waals surface area contributed by atoms with Crippen LogP contribution in [0.4, 0.5) is 0 Å². The summed E-state index contributed by atoms with van der Waals surface area (Å²) in [4.78, 5) is 47.9. The molecule has 3 aliphatic rings. The van der Waals surface area contributed by atoms with Crippen LogP contribution >= 0.6 is 0 Å². The molecule has 3 aliphatic heterocycles. The van der Waals surface area contributed by atoms with Gasteiger partial charge in [-0.2, -0.15) is 0 Å². The first-order chi connectivity index (χ1) is 17.3. The zero-order chi connectivity index (χ0) is 27.9. The van der Waals surface area contributed by atoms with Crippen molar-refractivity contribution < 1.29 is 24.2 Å². The molecular weight excluding hydrogens is 470 g/mol. The summed E-state index contributed by atoms with van der Waals surface area (Å²) in [7, 11) is 0. The van der Waals surface area contributed by atoms with E-state index in [0.29, 0.717) is 32.5 Å². The van der Waals surface area contributed by atoms with Crippen molar-refractivity contribution in [2.45, 2.75) is 96.6 Å². The van der Waals surface area contributed by atoms with Crippen molar-refractivity contribution in [3.63, 3.8) is 0 Å². The Bertz CT molecular complexity index is 925. The lowest BCUT2D eigenvalue weighted by Gasteiger charge is -2.43. The number of carbonyl (C=O) groups excluding carboxylic acids is 3. The highest BCUT2D eigenvalue weighted by molar-refractivity contribution is 5.99. The molecule has 8 heteroatoms. The maximum absolute atomic E-state index is 14.4. The van der Waals surface area contributed by atoms with Gasteiger partial charge in [-0.25, -0.2) is 0 Å². The van der Waals surface area contributed by atoms with Crippen LogP contribution < -0.4 is 0 Å². The summed E-state index contributed by atoms with van der Waals surface area (Å²) in [5.74, 6) is -2.16. The summed E-state index contributed by atoms with van der Waals surface area (Å²) in [6, 6.07) is -1.48. The van der Waals surface area contributed by atoms with E-state index in [4.69, 9.17) is 4.74 Å². The van der Waals surface area contributed by atoms with Gasteiger partial charge in [0.1, 0.15) is 11.6 Å². The lowest BCUT2D eigenvalue weighted by molar-refractivity contribution is -0.160. The average Bonchev–Trinajstić information content (AvgIpc) is 3.34. The molecule has 0 aliphatic carbocycles. The molecule has 37 heavy (non-hydrogen) atoms. The first-order valence-electron chi connectivity index (χ1n) is 13.8. The Kier molecular flexibility index (Phi) is 8.35. The van der Waals surface area contributed by atoms with Crippen molar-refractivity contribution in [3.8, 4) is 0 Å². The number of rotatable bonds is 11. The zero-order valence-corrected chi connectivity index (χ0v) is 23.8. The van der Waals surface area contributed by atoms with Crippen LogP contribution in [0.15, 0.2) is 25.3 Å². The van der Waals surface area contributed by atoms with Crippen molar-refractivity contribution in [2.24, 2.45) is 17.8 Å². The van der Waals surface area contributed by atoms with Crippen LogP contribution in [0.1, 0.15) is 67.7 Å².